The van der Waals surface area contributed by atoms with Crippen molar-refractivity contribution in [3.63, 3.8) is 0 Å². The Bertz CT molecular complexity index is 2150. The molecular formula is C44H58Cl2N6O7S2. The number of carboxylic acids is 1. The smallest absolute Gasteiger partial charge is 0.309 e. The molecule has 0 radical (unpaired) electrons. The molecular weight excluding hydrogens is 860 g/mol. The Morgan fingerprint density at radius 3 is 1.70 bits per heavy atom. The number of H-pyrrole nitrogens is 1. The molecule has 2 atom stereocenters. The molecule has 4 saturated heterocycles. The van der Waals surface area contributed by atoms with Gasteiger partial charge in [-0.05, 0) is 134 Å². The first kappa shape index (κ1) is 46.9. The maximum absolute atomic E-state index is 13.6. The van der Waals surface area contributed by atoms with Crippen molar-refractivity contribution in [3.8, 4) is 0 Å². The molecule has 4 aliphatic heterocycles. The normalized spacial score (nSPS) is 23.4. The highest BCUT2D eigenvalue weighted by Crippen LogP contribution is 2.36. The summed E-state index contributed by atoms with van der Waals surface area (Å²) in [4.78, 5) is 51.4. The second-order valence-corrected chi connectivity index (χ2v) is 21.1. The van der Waals surface area contributed by atoms with Crippen LogP contribution in [0.25, 0.3) is 0 Å². The van der Waals surface area contributed by atoms with Crippen molar-refractivity contribution in [1.82, 2.24) is 30.6 Å². The molecule has 2 amide bonds. The van der Waals surface area contributed by atoms with Crippen LogP contribution < -0.4 is 10.6 Å². The van der Waals surface area contributed by atoms with Crippen LogP contribution in [-0.2, 0) is 60.4 Å². The standard InChI is InChI=1S/C22H28ClN3O3S.C15H18ClN3OS.C7H12O3/c1-21(9-12-29-13-10-21)20(28)26-15(4-5-16-6-7-18(23)30-16)14-17(25-26)22(2)8-3-11-24-19(22)27;1-15(7-2-8-17-14(15)20)12-9-10(18-19-12)3-4-11-5-6-13(16)21-11;1-7(6(8)9)2-4-10-5-3-7/h6-7,14H,3-5,8-13H2,1-2H3,(H,24,27);5-6,9H,2-4,7-8H2,1H3,(H,17,20)(H,18,19);2-5H2,1H3,(H,8,9). The van der Waals surface area contributed by atoms with E-state index < -0.39 is 27.6 Å². The largest absolute Gasteiger partial charge is 0.481 e. The maximum atomic E-state index is 13.6. The summed E-state index contributed by atoms with van der Waals surface area (Å²) in [5.41, 5.74) is 1.21. The number of nitrogens with one attached hydrogen (secondary N) is 3. The van der Waals surface area contributed by atoms with E-state index >= 15 is 0 Å². The molecule has 8 heterocycles. The minimum Gasteiger partial charge on any atom is -0.481 e. The molecule has 61 heavy (non-hydrogen) atoms. The number of hydrogen-bond donors (Lipinski definition) is 4. The number of thiophene rings is 2. The van der Waals surface area contributed by atoms with Gasteiger partial charge in [0.25, 0.3) is 5.91 Å². The summed E-state index contributed by atoms with van der Waals surface area (Å²) in [6.45, 7) is 11.5. The molecule has 0 aliphatic carbocycles. The summed E-state index contributed by atoms with van der Waals surface area (Å²) in [6.07, 6.45) is 9.38. The van der Waals surface area contributed by atoms with Crippen molar-refractivity contribution in [1.29, 1.82) is 0 Å². The zero-order valence-corrected chi connectivity index (χ0v) is 38.6. The van der Waals surface area contributed by atoms with Crippen LogP contribution in [-0.4, -0.2) is 88.3 Å². The second-order valence-electron chi connectivity index (χ2n) is 17.5. The van der Waals surface area contributed by atoms with Crippen molar-refractivity contribution in [2.75, 3.05) is 39.5 Å². The third-order valence-electron chi connectivity index (χ3n) is 12.8. The van der Waals surface area contributed by atoms with E-state index in [1.807, 2.05) is 51.1 Å². The van der Waals surface area contributed by atoms with Crippen molar-refractivity contribution in [2.24, 2.45) is 10.8 Å². The Balaban J connectivity index is 0.000000173. The van der Waals surface area contributed by atoms with Crippen LogP contribution in [0, 0.1) is 10.8 Å². The van der Waals surface area contributed by atoms with E-state index in [0.717, 1.165) is 77.2 Å². The highest BCUT2D eigenvalue weighted by molar-refractivity contribution is 7.16. The molecule has 0 bridgehead atoms. The monoisotopic (exact) mass is 916 g/mol. The highest BCUT2D eigenvalue weighted by atomic mass is 35.5. The summed E-state index contributed by atoms with van der Waals surface area (Å²) in [6, 6.07) is 11.9. The molecule has 0 spiro atoms. The van der Waals surface area contributed by atoms with Crippen LogP contribution in [0.15, 0.2) is 36.4 Å². The molecule has 4 aromatic heterocycles. The van der Waals surface area contributed by atoms with Gasteiger partial charge >= 0.3 is 5.97 Å². The predicted octanol–water partition coefficient (Wildman–Crippen LogP) is 7.97. The fourth-order valence-corrected chi connectivity index (χ4v) is 10.2. The highest BCUT2D eigenvalue weighted by Gasteiger charge is 2.43. The number of carbonyl (C=O) groups is 4. The van der Waals surface area contributed by atoms with Crippen LogP contribution in [0.1, 0.15) is 116 Å². The number of rotatable bonds is 10. The molecule has 4 fully saturated rings. The molecule has 17 heteroatoms. The summed E-state index contributed by atoms with van der Waals surface area (Å²) < 4.78 is 13.7. The van der Waals surface area contributed by atoms with Crippen molar-refractivity contribution in [3.05, 3.63) is 77.6 Å². The van der Waals surface area contributed by atoms with E-state index in [0.29, 0.717) is 70.8 Å². The third-order valence-corrected chi connectivity index (χ3v) is 15.4. The number of ether oxygens (including phenoxy) is 2. The third kappa shape index (κ3) is 11.3. The van der Waals surface area contributed by atoms with Crippen LogP contribution in [0.3, 0.4) is 0 Å². The molecule has 4 aliphatic rings. The Morgan fingerprint density at radius 1 is 0.721 bits per heavy atom. The number of aryl methyl sites for hydroxylation is 4. The number of nitrogens with zero attached hydrogens (tertiary/aromatic N) is 3. The van der Waals surface area contributed by atoms with Crippen LogP contribution in [0.4, 0.5) is 0 Å². The lowest BCUT2D eigenvalue weighted by Gasteiger charge is -2.32. The average molecular weight is 918 g/mol. The van der Waals surface area contributed by atoms with Gasteiger partial charge in [0.2, 0.25) is 11.8 Å². The number of carbonyl (C=O) groups excluding carboxylic acids is 3. The van der Waals surface area contributed by atoms with Crippen molar-refractivity contribution >= 4 is 69.6 Å². The van der Waals surface area contributed by atoms with E-state index in [-0.39, 0.29) is 17.7 Å². The predicted molar refractivity (Wildman–Crippen MR) is 238 cm³/mol. The van der Waals surface area contributed by atoms with E-state index in [1.165, 1.54) is 9.75 Å². The summed E-state index contributed by atoms with van der Waals surface area (Å²) in [5, 5.41) is 26.8. The molecule has 0 aromatic carbocycles. The van der Waals surface area contributed by atoms with Gasteiger partial charge < -0.3 is 25.2 Å². The molecule has 8 rings (SSSR count). The molecule has 0 saturated carbocycles. The number of carboxylic acid groups (broad SMARTS) is 1. The van der Waals surface area contributed by atoms with Gasteiger partial charge in [-0.1, -0.05) is 30.1 Å². The fourth-order valence-electron chi connectivity index (χ4n) is 8.02. The van der Waals surface area contributed by atoms with Gasteiger partial charge in [0.1, 0.15) is 0 Å². The van der Waals surface area contributed by atoms with Crippen molar-refractivity contribution in [2.45, 2.75) is 116 Å². The Labute approximate surface area is 375 Å². The second kappa shape index (κ2) is 20.3. The fraction of sp³-hybridized carbons (Fsp3) is 0.591. The Hall–Kier alpha value is -3.60. The van der Waals surface area contributed by atoms with E-state index in [9.17, 15) is 19.2 Å². The minimum atomic E-state index is -0.707. The number of aromatic amines is 1. The number of piperidine rings is 2. The molecule has 2 unspecified atom stereocenters. The SMILES string of the molecule is CC1(C(=O)O)CCOCC1.CC1(C(=O)n2nc(C3(C)CCCNC3=O)cc2CCc2ccc(Cl)s2)CCOCC1.CC1(c2cc(CCc3ccc(Cl)s3)[nH]n2)CCCNC1=O. The maximum Gasteiger partial charge on any atom is 0.309 e. The van der Waals surface area contributed by atoms with Crippen LogP contribution in [0.5, 0.6) is 0 Å². The van der Waals surface area contributed by atoms with Gasteiger partial charge in [-0.25, -0.2) is 4.68 Å². The number of aromatic nitrogens is 4. The molecule has 332 valence electrons. The number of aliphatic carboxylic acids is 1. The van der Waals surface area contributed by atoms with E-state index in [1.54, 1.807) is 34.3 Å². The Morgan fingerprint density at radius 2 is 1.23 bits per heavy atom. The van der Waals surface area contributed by atoms with Gasteiger partial charge in [0.05, 0.1) is 41.7 Å². The first-order valence-electron chi connectivity index (χ1n) is 21.2. The minimum absolute atomic E-state index is 0.00363. The topological polar surface area (TPSA) is 178 Å². The van der Waals surface area contributed by atoms with Gasteiger partial charge in [0.15, 0.2) is 0 Å². The van der Waals surface area contributed by atoms with Gasteiger partial charge in [-0.15, -0.1) is 22.7 Å². The van der Waals surface area contributed by atoms with Gasteiger partial charge in [-0.2, -0.15) is 10.2 Å². The number of halogens is 2. The zero-order chi connectivity index (χ0) is 43.8. The first-order chi connectivity index (χ1) is 29.0. The molecule has 4 aromatic rings. The molecule has 4 N–H and O–H groups in total. The van der Waals surface area contributed by atoms with E-state index in [2.05, 4.69) is 26.9 Å². The lowest BCUT2D eigenvalue weighted by atomic mass is 9.79. The lowest BCUT2D eigenvalue weighted by molar-refractivity contribution is -0.153. The summed E-state index contributed by atoms with van der Waals surface area (Å²) in [7, 11) is 0. The summed E-state index contributed by atoms with van der Waals surface area (Å²) >= 11 is 15.2. The van der Waals surface area contributed by atoms with Gasteiger partial charge in [-0.3, -0.25) is 24.3 Å². The average Bonchev–Trinajstić information content (AvgIpc) is 4.08. The lowest BCUT2D eigenvalue weighted by Crippen LogP contribution is -2.47. The van der Waals surface area contributed by atoms with E-state index in [4.69, 9.17) is 42.9 Å². The quantitative estimate of drug-likeness (QED) is 0.123. The van der Waals surface area contributed by atoms with Crippen LogP contribution >= 0.6 is 45.9 Å². The van der Waals surface area contributed by atoms with Crippen LogP contribution in [0.2, 0.25) is 8.67 Å². The van der Waals surface area contributed by atoms with Crippen molar-refractivity contribution < 1.29 is 33.8 Å². The first-order valence-corrected chi connectivity index (χ1v) is 23.6. The summed E-state index contributed by atoms with van der Waals surface area (Å²) in [5.74, 6) is -0.636. The number of amides is 2. The molecule has 13 nitrogen and oxygen atoms in total. The Kier molecular flexibility index (Phi) is 15.6. The zero-order valence-electron chi connectivity index (χ0n) is 35.5. The number of hydrogen-bond acceptors (Lipinski definition) is 10. The van der Waals surface area contributed by atoms with Gasteiger partial charge in [0, 0.05) is 60.7 Å².